The summed E-state index contributed by atoms with van der Waals surface area (Å²) < 4.78 is 13.7. The number of ether oxygens (including phenoxy) is 2. The molecule has 2 heterocycles. The van der Waals surface area contributed by atoms with Gasteiger partial charge in [-0.05, 0) is 53.7 Å². The van der Waals surface area contributed by atoms with Crippen molar-refractivity contribution >= 4 is 21.9 Å². The SMILES string of the molecule is COC(=O)c1c(COc2cccc(C)c2Br)nn2c1CCCC2. The molecule has 0 saturated carbocycles. The van der Waals surface area contributed by atoms with Gasteiger partial charge in [0, 0.05) is 6.54 Å². The molecule has 0 radical (unpaired) electrons. The van der Waals surface area contributed by atoms with Crippen molar-refractivity contribution in [2.45, 2.75) is 39.3 Å². The first-order chi connectivity index (χ1) is 11.1. The number of carbonyl (C=O) groups excluding carboxylic acids is 1. The molecule has 0 amide bonds. The highest BCUT2D eigenvalue weighted by atomic mass is 79.9. The maximum absolute atomic E-state index is 12.2. The molecule has 1 aromatic heterocycles. The molecule has 2 aromatic rings. The van der Waals surface area contributed by atoms with Crippen LogP contribution in [0.2, 0.25) is 0 Å². The van der Waals surface area contributed by atoms with Gasteiger partial charge >= 0.3 is 5.97 Å². The van der Waals surface area contributed by atoms with Crippen molar-refractivity contribution in [3.05, 3.63) is 45.2 Å². The van der Waals surface area contributed by atoms with Crippen LogP contribution in [0, 0.1) is 6.92 Å². The maximum atomic E-state index is 12.2. The fourth-order valence-electron chi connectivity index (χ4n) is 2.86. The summed E-state index contributed by atoms with van der Waals surface area (Å²) in [5.74, 6) is 0.404. The third-order valence-electron chi connectivity index (χ3n) is 4.07. The molecule has 23 heavy (non-hydrogen) atoms. The van der Waals surface area contributed by atoms with Gasteiger partial charge in [0.15, 0.2) is 0 Å². The van der Waals surface area contributed by atoms with Gasteiger partial charge in [0.05, 0.1) is 17.3 Å². The molecule has 3 rings (SSSR count). The number of hydrogen-bond acceptors (Lipinski definition) is 4. The average Bonchev–Trinajstić information content (AvgIpc) is 2.94. The molecule has 122 valence electrons. The number of esters is 1. The first kappa shape index (κ1) is 16.1. The normalized spacial score (nSPS) is 13.5. The Morgan fingerprint density at radius 1 is 1.39 bits per heavy atom. The lowest BCUT2D eigenvalue weighted by atomic mass is 10.1. The van der Waals surface area contributed by atoms with Gasteiger partial charge in [-0.2, -0.15) is 5.10 Å². The largest absolute Gasteiger partial charge is 0.486 e. The van der Waals surface area contributed by atoms with Gasteiger partial charge in [-0.1, -0.05) is 12.1 Å². The number of nitrogens with zero attached hydrogens (tertiary/aromatic N) is 2. The zero-order valence-electron chi connectivity index (χ0n) is 13.3. The van der Waals surface area contributed by atoms with Crippen LogP contribution in [0.4, 0.5) is 0 Å². The van der Waals surface area contributed by atoms with E-state index in [1.165, 1.54) is 7.11 Å². The Kier molecular flexibility index (Phi) is 4.71. The second-order valence-corrected chi connectivity index (χ2v) is 6.41. The van der Waals surface area contributed by atoms with E-state index < -0.39 is 0 Å². The van der Waals surface area contributed by atoms with Gasteiger partial charge < -0.3 is 9.47 Å². The number of benzene rings is 1. The molecule has 0 fully saturated rings. The molecule has 6 heteroatoms. The van der Waals surface area contributed by atoms with E-state index in [1.54, 1.807) is 0 Å². The Hall–Kier alpha value is -1.82. The lowest BCUT2D eigenvalue weighted by Gasteiger charge is -2.13. The second-order valence-electron chi connectivity index (χ2n) is 5.62. The first-order valence-electron chi connectivity index (χ1n) is 7.66. The van der Waals surface area contributed by atoms with Gasteiger partial charge in [0.2, 0.25) is 0 Å². The number of hydrogen-bond donors (Lipinski definition) is 0. The molecule has 1 aromatic carbocycles. The predicted octanol–water partition coefficient (Wildman–Crippen LogP) is 3.66. The summed E-state index contributed by atoms with van der Waals surface area (Å²) in [5.41, 5.74) is 3.27. The van der Waals surface area contributed by atoms with Crippen LogP contribution in [0.15, 0.2) is 22.7 Å². The van der Waals surface area contributed by atoms with Crippen molar-refractivity contribution in [2.24, 2.45) is 0 Å². The molecular formula is C17H19BrN2O3. The standard InChI is InChI=1S/C17H19BrN2O3/c1-11-6-5-8-14(16(11)18)23-10-12-15(17(21)22-2)13-7-3-4-9-20(13)19-12/h5-6,8H,3-4,7,9-10H2,1-2H3. The van der Waals surface area contributed by atoms with Gasteiger partial charge in [-0.25, -0.2) is 4.79 Å². The maximum Gasteiger partial charge on any atom is 0.341 e. The molecular weight excluding hydrogens is 360 g/mol. The summed E-state index contributed by atoms with van der Waals surface area (Å²) in [5, 5.41) is 4.56. The zero-order chi connectivity index (χ0) is 16.4. The summed E-state index contributed by atoms with van der Waals surface area (Å²) in [6.07, 6.45) is 3.00. The van der Waals surface area contributed by atoms with Crippen LogP contribution in [0.25, 0.3) is 0 Å². The summed E-state index contributed by atoms with van der Waals surface area (Å²) in [4.78, 5) is 12.2. The van der Waals surface area contributed by atoms with Gasteiger partial charge in [-0.3, -0.25) is 4.68 Å². The van der Waals surface area contributed by atoms with Crippen LogP contribution < -0.4 is 4.74 Å². The summed E-state index contributed by atoms with van der Waals surface area (Å²) >= 11 is 3.53. The molecule has 1 aliphatic rings. The zero-order valence-corrected chi connectivity index (χ0v) is 14.9. The highest BCUT2D eigenvalue weighted by molar-refractivity contribution is 9.10. The number of methoxy groups -OCH3 is 1. The molecule has 0 aliphatic carbocycles. The topological polar surface area (TPSA) is 53.4 Å². The molecule has 1 aliphatic heterocycles. The Morgan fingerprint density at radius 3 is 3.00 bits per heavy atom. The summed E-state index contributed by atoms with van der Waals surface area (Å²) in [6, 6.07) is 5.84. The summed E-state index contributed by atoms with van der Waals surface area (Å²) in [7, 11) is 1.40. The van der Waals surface area contributed by atoms with E-state index in [-0.39, 0.29) is 12.6 Å². The van der Waals surface area contributed by atoms with Gasteiger partial charge in [0.1, 0.15) is 23.6 Å². The average molecular weight is 379 g/mol. The molecule has 5 nitrogen and oxygen atoms in total. The number of aromatic nitrogens is 2. The van der Waals surface area contributed by atoms with E-state index in [0.29, 0.717) is 11.3 Å². The minimum atomic E-state index is -0.338. The van der Waals surface area contributed by atoms with Crippen molar-refractivity contribution in [1.29, 1.82) is 0 Å². The number of halogens is 1. The number of rotatable bonds is 4. The van der Waals surface area contributed by atoms with Crippen molar-refractivity contribution in [3.8, 4) is 5.75 Å². The quantitative estimate of drug-likeness (QED) is 0.761. The van der Waals surface area contributed by atoms with Crippen LogP contribution in [-0.4, -0.2) is 22.9 Å². The molecule has 0 bridgehead atoms. The van der Waals surface area contributed by atoms with Crippen LogP contribution in [0.5, 0.6) is 5.75 Å². The van der Waals surface area contributed by atoms with Crippen molar-refractivity contribution in [1.82, 2.24) is 9.78 Å². The van der Waals surface area contributed by atoms with Crippen molar-refractivity contribution in [2.75, 3.05) is 7.11 Å². The Labute approximate surface area is 143 Å². The van der Waals surface area contributed by atoms with Gasteiger partial charge in [0.25, 0.3) is 0 Å². The van der Waals surface area contributed by atoms with Gasteiger partial charge in [-0.15, -0.1) is 0 Å². The Bertz CT molecular complexity index is 740. The third kappa shape index (κ3) is 3.13. The highest BCUT2D eigenvalue weighted by Gasteiger charge is 2.26. The van der Waals surface area contributed by atoms with Crippen LogP contribution >= 0.6 is 15.9 Å². The molecule has 0 spiro atoms. The summed E-state index contributed by atoms with van der Waals surface area (Å²) in [6.45, 7) is 3.09. The van der Waals surface area contributed by atoms with Crippen molar-refractivity contribution < 1.29 is 14.3 Å². The van der Waals surface area contributed by atoms with E-state index in [2.05, 4.69) is 21.0 Å². The second kappa shape index (κ2) is 6.74. The number of carbonyl (C=O) groups is 1. The van der Waals surface area contributed by atoms with Crippen molar-refractivity contribution in [3.63, 3.8) is 0 Å². The first-order valence-corrected chi connectivity index (χ1v) is 8.46. The molecule has 0 saturated heterocycles. The minimum absolute atomic E-state index is 0.243. The fraction of sp³-hybridized carbons (Fsp3) is 0.412. The smallest absolute Gasteiger partial charge is 0.341 e. The fourth-order valence-corrected chi connectivity index (χ4v) is 3.24. The van der Waals surface area contributed by atoms with E-state index in [4.69, 9.17) is 9.47 Å². The molecule has 0 unspecified atom stereocenters. The van der Waals surface area contributed by atoms with Crippen LogP contribution in [0.1, 0.15) is 40.2 Å². The number of fused-ring (bicyclic) bond motifs is 1. The number of aryl methyl sites for hydroxylation is 2. The predicted molar refractivity (Wildman–Crippen MR) is 89.7 cm³/mol. The Morgan fingerprint density at radius 2 is 2.22 bits per heavy atom. The van der Waals surface area contributed by atoms with E-state index in [9.17, 15) is 4.79 Å². The lowest BCUT2D eigenvalue weighted by molar-refractivity contribution is 0.0596. The van der Waals surface area contributed by atoms with E-state index >= 15 is 0 Å². The molecule has 0 atom stereocenters. The molecule has 0 N–H and O–H groups in total. The highest BCUT2D eigenvalue weighted by Crippen LogP contribution is 2.29. The minimum Gasteiger partial charge on any atom is -0.486 e. The third-order valence-corrected chi connectivity index (χ3v) is 5.09. The van der Waals surface area contributed by atoms with Crippen LogP contribution in [-0.2, 0) is 24.3 Å². The Balaban J connectivity index is 1.89. The van der Waals surface area contributed by atoms with E-state index in [0.717, 1.165) is 47.3 Å². The lowest BCUT2D eigenvalue weighted by Crippen LogP contribution is -2.14. The van der Waals surface area contributed by atoms with Crippen LogP contribution in [0.3, 0.4) is 0 Å². The monoisotopic (exact) mass is 378 g/mol. The van der Waals surface area contributed by atoms with E-state index in [1.807, 2.05) is 29.8 Å².